The maximum Gasteiger partial charge on any atom is 0.283 e. The molecule has 4 aromatic rings. The summed E-state index contributed by atoms with van der Waals surface area (Å²) in [4.78, 5) is 12.5. The number of nitro groups is 1. The number of benzene rings is 3. The van der Waals surface area contributed by atoms with Gasteiger partial charge in [0.05, 0.1) is 15.3 Å². The SMILES string of the molecule is CNc1ccc2c(Sc3ccccc3[N+](=O)[O-])cn(Cc3cccc(F)c3)c2c1. The molecule has 0 bridgehead atoms. The second-order valence-corrected chi connectivity index (χ2v) is 7.64. The first-order valence-corrected chi connectivity index (χ1v) is 9.83. The van der Waals surface area contributed by atoms with Gasteiger partial charge in [-0.2, -0.15) is 0 Å². The highest BCUT2D eigenvalue weighted by Gasteiger charge is 2.17. The molecule has 1 heterocycles. The Labute approximate surface area is 171 Å². The van der Waals surface area contributed by atoms with Crippen LogP contribution in [-0.2, 0) is 6.54 Å². The standard InChI is InChI=1S/C22H18FN3O2S/c1-24-17-9-10-18-20(12-17)25(13-15-5-4-6-16(23)11-15)14-22(18)29-21-8-3-2-7-19(21)26(27)28/h2-12,14,24H,13H2,1H3. The molecule has 1 N–H and O–H groups in total. The Morgan fingerprint density at radius 1 is 1.07 bits per heavy atom. The summed E-state index contributed by atoms with van der Waals surface area (Å²) in [6.07, 6.45) is 1.97. The van der Waals surface area contributed by atoms with Gasteiger partial charge in [-0.1, -0.05) is 36.0 Å². The van der Waals surface area contributed by atoms with Gasteiger partial charge in [-0.3, -0.25) is 10.1 Å². The number of fused-ring (bicyclic) bond motifs is 1. The van der Waals surface area contributed by atoms with Gasteiger partial charge in [0.2, 0.25) is 0 Å². The third-order valence-corrected chi connectivity index (χ3v) is 5.77. The zero-order valence-electron chi connectivity index (χ0n) is 15.6. The Balaban J connectivity index is 1.80. The van der Waals surface area contributed by atoms with Crippen molar-refractivity contribution in [2.24, 2.45) is 0 Å². The minimum absolute atomic E-state index is 0.0791. The summed E-state index contributed by atoms with van der Waals surface area (Å²) in [5.74, 6) is -0.274. The number of para-hydroxylation sites is 1. The van der Waals surface area contributed by atoms with E-state index in [4.69, 9.17) is 0 Å². The first-order valence-electron chi connectivity index (χ1n) is 9.01. The van der Waals surface area contributed by atoms with Crippen LogP contribution < -0.4 is 5.32 Å². The van der Waals surface area contributed by atoms with Gasteiger partial charge in [-0.15, -0.1) is 0 Å². The van der Waals surface area contributed by atoms with Crippen LogP contribution in [0.4, 0.5) is 15.8 Å². The molecule has 0 atom stereocenters. The van der Waals surface area contributed by atoms with E-state index < -0.39 is 0 Å². The smallest absolute Gasteiger partial charge is 0.283 e. The van der Waals surface area contributed by atoms with Crippen molar-refractivity contribution >= 4 is 34.0 Å². The van der Waals surface area contributed by atoms with E-state index in [-0.39, 0.29) is 16.4 Å². The summed E-state index contributed by atoms with van der Waals surface area (Å²) in [7, 11) is 1.85. The number of nitro benzene ring substituents is 1. The van der Waals surface area contributed by atoms with Gasteiger partial charge >= 0.3 is 0 Å². The van der Waals surface area contributed by atoms with E-state index in [0.717, 1.165) is 27.0 Å². The topological polar surface area (TPSA) is 60.1 Å². The molecule has 5 nitrogen and oxygen atoms in total. The monoisotopic (exact) mass is 407 g/mol. The lowest BCUT2D eigenvalue weighted by molar-refractivity contribution is -0.387. The van der Waals surface area contributed by atoms with Crippen LogP contribution in [0.2, 0.25) is 0 Å². The molecular weight excluding hydrogens is 389 g/mol. The third-order valence-electron chi connectivity index (χ3n) is 4.66. The van der Waals surface area contributed by atoms with Crippen LogP contribution in [0.5, 0.6) is 0 Å². The fourth-order valence-corrected chi connectivity index (χ4v) is 4.36. The molecule has 4 rings (SSSR count). The molecule has 3 aromatic carbocycles. The Hall–Kier alpha value is -3.32. The second kappa shape index (κ2) is 7.97. The summed E-state index contributed by atoms with van der Waals surface area (Å²) in [5, 5.41) is 15.5. The molecule has 0 aliphatic heterocycles. The van der Waals surface area contributed by atoms with E-state index in [2.05, 4.69) is 5.32 Å². The van der Waals surface area contributed by atoms with Crippen LogP contribution >= 0.6 is 11.8 Å². The first kappa shape index (κ1) is 19.0. The van der Waals surface area contributed by atoms with Crippen molar-refractivity contribution in [2.45, 2.75) is 16.3 Å². The number of aromatic nitrogens is 1. The van der Waals surface area contributed by atoms with Crippen molar-refractivity contribution in [1.82, 2.24) is 4.57 Å². The number of nitrogens with zero attached hydrogens (tertiary/aromatic N) is 2. The van der Waals surface area contributed by atoms with Crippen LogP contribution in [0.1, 0.15) is 5.56 Å². The first-order chi connectivity index (χ1) is 14.0. The summed E-state index contributed by atoms with van der Waals surface area (Å²) in [6.45, 7) is 0.499. The summed E-state index contributed by atoms with van der Waals surface area (Å²) in [6, 6.07) is 19.2. The lowest BCUT2D eigenvalue weighted by Gasteiger charge is -2.07. The predicted molar refractivity (Wildman–Crippen MR) is 114 cm³/mol. The molecule has 0 radical (unpaired) electrons. The van der Waals surface area contributed by atoms with Gasteiger partial charge in [0.1, 0.15) is 5.82 Å². The lowest BCUT2D eigenvalue weighted by Crippen LogP contribution is -1.98. The molecule has 0 spiro atoms. The molecule has 0 aliphatic carbocycles. The molecule has 0 aliphatic rings. The molecule has 0 saturated heterocycles. The van der Waals surface area contributed by atoms with Crippen molar-refractivity contribution in [3.8, 4) is 0 Å². The van der Waals surface area contributed by atoms with Gasteiger partial charge in [-0.05, 0) is 42.0 Å². The molecule has 0 saturated carbocycles. The molecule has 7 heteroatoms. The minimum Gasteiger partial charge on any atom is -0.388 e. The number of rotatable bonds is 6. The van der Waals surface area contributed by atoms with Gasteiger partial charge in [-0.25, -0.2) is 4.39 Å². The maximum atomic E-state index is 13.6. The summed E-state index contributed by atoms with van der Waals surface area (Å²) >= 11 is 1.36. The lowest BCUT2D eigenvalue weighted by atomic mass is 10.2. The van der Waals surface area contributed by atoms with Gasteiger partial charge in [0.15, 0.2) is 0 Å². The van der Waals surface area contributed by atoms with Gasteiger partial charge < -0.3 is 9.88 Å². The van der Waals surface area contributed by atoms with E-state index in [1.807, 2.05) is 42.1 Å². The van der Waals surface area contributed by atoms with Crippen molar-refractivity contribution in [3.63, 3.8) is 0 Å². The Kier molecular flexibility index (Phi) is 5.22. The largest absolute Gasteiger partial charge is 0.388 e. The predicted octanol–water partition coefficient (Wildman–Crippen LogP) is 5.93. The van der Waals surface area contributed by atoms with Crippen molar-refractivity contribution < 1.29 is 9.31 Å². The van der Waals surface area contributed by atoms with Crippen LogP contribution in [0.25, 0.3) is 10.9 Å². The fraction of sp³-hybridized carbons (Fsp3) is 0.0909. The molecule has 0 unspecified atom stereocenters. The third kappa shape index (κ3) is 3.95. The summed E-state index contributed by atoms with van der Waals surface area (Å²) in [5.41, 5.74) is 2.86. The van der Waals surface area contributed by atoms with Crippen molar-refractivity contribution in [3.05, 3.63) is 94.4 Å². The molecule has 146 valence electrons. The second-order valence-electron chi connectivity index (χ2n) is 6.56. The van der Waals surface area contributed by atoms with Crippen LogP contribution in [0, 0.1) is 15.9 Å². The molecular formula is C22H18FN3O2S. The molecule has 29 heavy (non-hydrogen) atoms. The average molecular weight is 407 g/mol. The number of hydrogen-bond donors (Lipinski definition) is 1. The van der Waals surface area contributed by atoms with Gasteiger partial charge in [0, 0.05) is 41.8 Å². The number of nitrogens with one attached hydrogen (secondary N) is 1. The Bertz CT molecular complexity index is 1210. The minimum atomic E-state index is -0.368. The van der Waals surface area contributed by atoms with Crippen molar-refractivity contribution in [2.75, 3.05) is 12.4 Å². The normalized spacial score (nSPS) is 11.0. The highest BCUT2D eigenvalue weighted by Crippen LogP contribution is 2.40. The fourth-order valence-electron chi connectivity index (χ4n) is 3.27. The number of hydrogen-bond acceptors (Lipinski definition) is 4. The zero-order chi connectivity index (χ0) is 20.4. The molecule has 0 amide bonds. The van der Waals surface area contributed by atoms with Crippen LogP contribution in [-0.4, -0.2) is 16.5 Å². The van der Waals surface area contributed by atoms with E-state index in [0.29, 0.717) is 11.4 Å². The average Bonchev–Trinajstić information content (AvgIpc) is 3.04. The van der Waals surface area contributed by atoms with E-state index in [9.17, 15) is 14.5 Å². The number of anilines is 1. The van der Waals surface area contributed by atoms with Crippen LogP contribution in [0.3, 0.4) is 0 Å². The van der Waals surface area contributed by atoms with Gasteiger partial charge in [0.25, 0.3) is 5.69 Å². The van der Waals surface area contributed by atoms with E-state index >= 15 is 0 Å². The maximum absolute atomic E-state index is 13.6. The Morgan fingerprint density at radius 2 is 1.90 bits per heavy atom. The number of halogens is 1. The molecule has 0 fully saturated rings. The summed E-state index contributed by atoms with van der Waals surface area (Å²) < 4.78 is 15.7. The highest BCUT2D eigenvalue weighted by atomic mass is 32.2. The van der Waals surface area contributed by atoms with Crippen LogP contribution in [0.15, 0.2) is 82.7 Å². The van der Waals surface area contributed by atoms with E-state index in [1.54, 1.807) is 24.3 Å². The highest BCUT2D eigenvalue weighted by molar-refractivity contribution is 7.99. The Morgan fingerprint density at radius 3 is 2.66 bits per heavy atom. The van der Waals surface area contributed by atoms with Crippen molar-refractivity contribution in [1.29, 1.82) is 0 Å². The zero-order valence-corrected chi connectivity index (χ0v) is 16.4. The van der Waals surface area contributed by atoms with E-state index in [1.165, 1.54) is 30.0 Å². The molecule has 1 aromatic heterocycles. The quantitative estimate of drug-likeness (QED) is 0.318.